The summed E-state index contributed by atoms with van der Waals surface area (Å²) in [4.78, 5) is 26.2. The number of hydrogen-bond acceptors (Lipinski definition) is 5. The lowest BCUT2D eigenvalue weighted by Crippen LogP contribution is -3.15. The van der Waals surface area contributed by atoms with E-state index in [-0.39, 0.29) is 11.6 Å². The second-order valence-corrected chi connectivity index (χ2v) is 6.67. The lowest BCUT2D eigenvalue weighted by atomic mass is 10.2. The van der Waals surface area contributed by atoms with Gasteiger partial charge in [-0.2, -0.15) is 0 Å². The van der Waals surface area contributed by atoms with Gasteiger partial charge < -0.3 is 19.9 Å². The maximum Gasteiger partial charge on any atom is 0.279 e. The Morgan fingerprint density at radius 2 is 1.96 bits per heavy atom. The predicted octanol–water partition coefficient (Wildman–Crippen LogP) is 1.34. The number of carbonyl (C=O) groups is 1. The highest BCUT2D eigenvalue weighted by molar-refractivity contribution is 5.91. The lowest BCUT2D eigenvalue weighted by Gasteiger charge is -2.34. The Morgan fingerprint density at radius 1 is 1.21 bits per heavy atom. The number of nitro groups is 1. The van der Waals surface area contributed by atoms with Crippen LogP contribution in [0.5, 0.6) is 5.75 Å². The van der Waals surface area contributed by atoms with Crippen molar-refractivity contribution >= 4 is 23.0 Å². The SMILES string of the molecule is CCOc1ccccc1N1CC[NH+](CC(=O)Nc2cccc([N+](=O)[O-])c2)CC1. The molecule has 0 unspecified atom stereocenters. The van der Waals surface area contributed by atoms with Crippen molar-refractivity contribution in [1.82, 2.24) is 0 Å². The van der Waals surface area contributed by atoms with E-state index in [1.807, 2.05) is 25.1 Å². The van der Waals surface area contributed by atoms with Crippen molar-refractivity contribution in [2.45, 2.75) is 6.92 Å². The van der Waals surface area contributed by atoms with Crippen molar-refractivity contribution in [3.63, 3.8) is 0 Å². The van der Waals surface area contributed by atoms with Gasteiger partial charge >= 0.3 is 0 Å². The smallest absolute Gasteiger partial charge is 0.279 e. The summed E-state index contributed by atoms with van der Waals surface area (Å²) < 4.78 is 5.71. The number of anilines is 2. The zero-order valence-corrected chi connectivity index (χ0v) is 15.9. The number of hydrogen-bond donors (Lipinski definition) is 2. The van der Waals surface area contributed by atoms with Crippen molar-refractivity contribution in [3.8, 4) is 5.75 Å². The number of nitrogens with zero attached hydrogens (tertiary/aromatic N) is 2. The molecule has 8 heteroatoms. The normalized spacial score (nSPS) is 14.5. The molecule has 2 N–H and O–H groups in total. The van der Waals surface area contributed by atoms with Crippen LogP contribution in [0.15, 0.2) is 48.5 Å². The highest BCUT2D eigenvalue weighted by Crippen LogP contribution is 2.27. The molecule has 1 heterocycles. The standard InChI is InChI=1S/C20H24N4O4/c1-2-28-19-9-4-3-8-18(19)23-12-10-22(11-13-23)15-20(25)21-16-6-5-7-17(14-16)24(26)27/h3-9,14H,2,10-13,15H2,1H3,(H,21,25)/p+1. The Balaban J connectivity index is 1.52. The molecule has 3 rings (SSSR count). The molecule has 0 radical (unpaired) electrons. The van der Waals surface area contributed by atoms with Crippen LogP contribution in [-0.2, 0) is 4.79 Å². The van der Waals surface area contributed by atoms with Crippen molar-refractivity contribution in [3.05, 3.63) is 58.6 Å². The first-order valence-corrected chi connectivity index (χ1v) is 9.41. The number of piperazine rings is 1. The number of amides is 1. The molecular weight excluding hydrogens is 360 g/mol. The van der Waals surface area contributed by atoms with Crippen LogP contribution in [-0.4, -0.2) is 50.2 Å². The fourth-order valence-corrected chi connectivity index (χ4v) is 3.37. The van der Waals surface area contributed by atoms with Crippen molar-refractivity contribution in [2.24, 2.45) is 0 Å². The maximum atomic E-state index is 12.3. The second kappa shape index (κ2) is 9.18. The average Bonchev–Trinajstić information content (AvgIpc) is 2.69. The van der Waals surface area contributed by atoms with Gasteiger partial charge in [0, 0.05) is 17.8 Å². The zero-order chi connectivity index (χ0) is 19.9. The number of quaternary nitrogens is 1. The molecule has 1 fully saturated rings. The summed E-state index contributed by atoms with van der Waals surface area (Å²) in [6, 6.07) is 14.0. The van der Waals surface area contributed by atoms with E-state index < -0.39 is 4.92 Å². The molecule has 0 spiro atoms. The number of rotatable bonds is 7. The van der Waals surface area contributed by atoms with Crippen LogP contribution in [0, 0.1) is 10.1 Å². The molecule has 1 amide bonds. The summed E-state index contributed by atoms with van der Waals surface area (Å²) in [6.07, 6.45) is 0. The minimum Gasteiger partial charge on any atom is -0.492 e. The Kier molecular flexibility index (Phi) is 6.44. The molecule has 0 atom stereocenters. The molecule has 0 bridgehead atoms. The van der Waals surface area contributed by atoms with Crippen molar-refractivity contribution < 1.29 is 19.4 Å². The maximum absolute atomic E-state index is 12.3. The first-order chi connectivity index (χ1) is 13.6. The van der Waals surface area contributed by atoms with E-state index in [4.69, 9.17) is 4.74 Å². The molecular formula is C20H25N4O4+. The van der Waals surface area contributed by atoms with Crippen LogP contribution in [0.25, 0.3) is 0 Å². The van der Waals surface area contributed by atoms with E-state index >= 15 is 0 Å². The highest BCUT2D eigenvalue weighted by atomic mass is 16.6. The van der Waals surface area contributed by atoms with Gasteiger partial charge in [0.25, 0.3) is 11.6 Å². The summed E-state index contributed by atoms with van der Waals surface area (Å²) in [5, 5.41) is 13.6. The minimum atomic E-state index is -0.472. The van der Waals surface area contributed by atoms with E-state index in [1.54, 1.807) is 12.1 Å². The van der Waals surface area contributed by atoms with E-state index in [2.05, 4.69) is 16.3 Å². The molecule has 2 aromatic rings. The van der Waals surface area contributed by atoms with Gasteiger partial charge in [-0.15, -0.1) is 0 Å². The van der Waals surface area contributed by atoms with Gasteiger partial charge in [-0.05, 0) is 25.1 Å². The van der Waals surface area contributed by atoms with Gasteiger partial charge in [-0.3, -0.25) is 14.9 Å². The topological polar surface area (TPSA) is 89.2 Å². The highest BCUT2D eigenvalue weighted by Gasteiger charge is 2.24. The van der Waals surface area contributed by atoms with Gasteiger partial charge in [-0.25, -0.2) is 0 Å². The fourth-order valence-electron chi connectivity index (χ4n) is 3.37. The summed E-state index contributed by atoms with van der Waals surface area (Å²) >= 11 is 0. The summed E-state index contributed by atoms with van der Waals surface area (Å²) in [5.41, 5.74) is 1.50. The van der Waals surface area contributed by atoms with E-state index in [0.29, 0.717) is 18.8 Å². The Hall–Kier alpha value is -3.13. The number of nitrogens with one attached hydrogen (secondary N) is 2. The quantitative estimate of drug-likeness (QED) is 0.555. The third kappa shape index (κ3) is 4.98. The zero-order valence-electron chi connectivity index (χ0n) is 15.9. The van der Waals surface area contributed by atoms with Crippen LogP contribution in [0.4, 0.5) is 17.1 Å². The van der Waals surface area contributed by atoms with Crippen LogP contribution in [0.3, 0.4) is 0 Å². The molecule has 148 valence electrons. The predicted molar refractivity (Wildman–Crippen MR) is 107 cm³/mol. The van der Waals surface area contributed by atoms with Gasteiger partial charge in [0.15, 0.2) is 6.54 Å². The third-order valence-electron chi connectivity index (χ3n) is 4.73. The van der Waals surface area contributed by atoms with Gasteiger partial charge in [0.2, 0.25) is 0 Å². The van der Waals surface area contributed by atoms with E-state index in [1.165, 1.54) is 17.0 Å². The largest absolute Gasteiger partial charge is 0.492 e. The summed E-state index contributed by atoms with van der Waals surface area (Å²) in [6.45, 7) is 6.28. The minimum absolute atomic E-state index is 0.0354. The molecule has 28 heavy (non-hydrogen) atoms. The molecule has 8 nitrogen and oxygen atoms in total. The van der Waals surface area contributed by atoms with Crippen molar-refractivity contribution in [1.29, 1.82) is 0 Å². The number of non-ortho nitro benzene ring substituents is 1. The van der Waals surface area contributed by atoms with Crippen molar-refractivity contribution in [2.75, 3.05) is 49.5 Å². The van der Waals surface area contributed by atoms with Crippen LogP contribution in [0.1, 0.15) is 6.92 Å². The molecule has 0 aliphatic carbocycles. The molecule has 1 saturated heterocycles. The van der Waals surface area contributed by atoms with Gasteiger partial charge in [-0.1, -0.05) is 18.2 Å². The number of para-hydroxylation sites is 2. The Bertz CT molecular complexity index is 834. The number of nitro benzene ring substituents is 1. The van der Waals surface area contributed by atoms with Crippen LogP contribution < -0.4 is 19.9 Å². The average molecular weight is 385 g/mol. The van der Waals surface area contributed by atoms with E-state index in [0.717, 1.165) is 37.6 Å². The molecule has 0 aromatic heterocycles. The third-order valence-corrected chi connectivity index (χ3v) is 4.73. The van der Waals surface area contributed by atoms with Crippen LogP contribution >= 0.6 is 0 Å². The van der Waals surface area contributed by atoms with Gasteiger partial charge in [0.05, 0.1) is 43.4 Å². The first kappa shape index (κ1) is 19.6. The molecule has 0 saturated carbocycles. The molecule has 1 aliphatic heterocycles. The Morgan fingerprint density at radius 3 is 2.68 bits per heavy atom. The summed E-state index contributed by atoms with van der Waals surface area (Å²) in [5.74, 6) is 0.746. The number of carbonyl (C=O) groups excluding carboxylic acids is 1. The monoisotopic (exact) mass is 385 g/mol. The summed E-state index contributed by atoms with van der Waals surface area (Å²) in [7, 11) is 0. The molecule has 2 aromatic carbocycles. The van der Waals surface area contributed by atoms with Crippen LogP contribution in [0.2, 0.25) is 0 Å². The van der Waals surface area contributed by atoms with Gasteiger partial charge in [0.1, 0.15) is 5.75 Å². The number of benzene rings is 2. The molecule has 1 aliphatic rings. The number of ether oxygens (including phenoxy) is 1. The lowest BCUT2D eigenvalue weighted by molar-refractivity contribution is -0.892. The van der Waals surface area contributed by atoms with E-state index in [9.17, 15) is 14.9 Å². The fraction of sp³-hybridized carbons (Fsp3) is 0.350. The second-order valence-electron chi connectivity index (χ2n) is 6.67. The Labute approximate surface area is 163 Å². The first-order valence-electron chi connectivity index (χ1n) is 9.41.